The van der Waals surface area contributed by atoms with Gasteiger partial charge in [0.05, 0.1) is 6.61 Å². The minimum absolute atomic E-state index is 0.00464. The number of hydrogen-bond acceptors (Lipinski definition) is 8. The van der Waals surface area contributed by atoms with E-state index < -0.39 is 10.9 Å². The zero-order chi connectivity index (χ0) is 26.4. The Labute approximate surface area is 212 Å². The molecule has 7 N–H and O–H groups in total. The Morgan fingerprint density at radius 1 is 0.919 bits per heavy atom. The lowest BCUT2D eigenvalue weighted by Gasteiger charge is -2.16. The molecule has 188 valence electrons. The molecule has 4 aromatic rings. The van der Waals surface area contributed by atoms with Crippen LogP contribution in [0, 0.1) is 0 Å². The molecule has 0 aliphatic rings. The van der Waals surface area contributed by atoms with Crippen molar-refractivity contribution in [1.82, 2.24) is 10.7 Å². The highest BCUT2D eigenvalue weighted by Gasteiger charge is 2.23. The maximum Gasteiger partial charge on any atom is 0.272 e. The number of carbonyl (C=O) groups is 1. The minimum Gasteiger partial charge on any atom is -0.488 e. The predicted octanol–water partition coefficient (Wildman–Crippen LogP) is 2.11. The van der Waals surface area contributed by atoms with Crippen LogP contribution in [0.2, 0.25) is 0 Å². The first kappa shape index (κ1) is 25.1. The fourth-order valence-corrected chi connectivity index (χ4v) is 3.80. The van der Waals surface area contributed by atoms with Crippen LogP contribution in [-0.4, -0.2) is 18.3 Å². The van der Waals surface area contributed by atoms with E-state index in [1.54, 1.807) is 49.4 Å². The normalized spacial score (nSPS) is 11.2. The highest BCUT2D eigenvalue weighted by atomic mass is 16.5. The molecule has 10 nitrogen and oxygen atoms in total. The van der Waals surface area contributed by atoms with E-state index in [-0.39, 0.29) is 29.8 Å². The van der Waals surface area contributed by atoms with E-state index in [1.165, 1.54) is 0 Å². The summed E-state index contributed by atoms with van der Waals surface area (Å²) in [4.78, 5) is 36.6. The summed E-state index contributed by atoms with van der Waals surface area (Å²) in [6, 6.07) is 21.9. The van der Waals surface area contributed by atoms with Crippen molar-refractivity contribution in [3.8, 4) is 16.9 Å². The van der Waals surface area contributed by atoms with Crippen molar-refractivity contribution in [3.63, 3.8) is 0 Å². The number of anilines is 2. The summed E-state index contributed by atoms with van der Waals surface area (Å²) in [7, 11) is 0. The number of hydrogen-bond donors (Lipinski definition) is 5. The summed E-state index contributed by atoms with van der Waals surface area (Å²) in [6.07, 6.45) is 0. The summed E-state index contributed by atoms with van der Waals surface area (Å²) in [5.41, 5.74) is 5.23. The number of hydrazine groups is 1. The summed E-state index contributed by atoms with van der Waals surface area (Å²) in [6.45, 7) is 2.39. The van der Waals surface area contributed by atoms with E-state index in [1.807, 2.05) is 30.3 Å². The molecule has 0 spiro atoms. The van der Waals surface area contributed by atoms with E-state index in [0.29, 0.717) is 23.4 Å². The maximum atomic E-state index is 12.6. The molecule has 1 amide bonds. The largest absolute Gasteiger partial charge is 0.488 e. The summed E-state index contributed by atoms with van der Waals surface area (Å²) in [5, 5.41) is 9.53. The zero-order valence-corrected chi connectivity index (χ0v) is 20.1. The number of ether oxygens (including phenoxy) is 1. The van der Waals surface area contributed by atoms with Crippen LogP contribution in [-0.2, 0) is 6.54 Å². The predicted molar refractivity (Wildman–Crippen MR) is 143 cm³/mol. The van der Waals surface area contributed by atoms with Crippen LogP contribution in [0.4, 0.5) is 11.4 Å². The monoisotopic (exact) mass is 498 g/mol. The second-order valence-electron chi connectivity index (χ2n) is 8.09. The molecule has 0 atom stereocenters. The molecule has 0 bridgehead atoms. The van der Waals surface area contributed by atoms with Gasteiger partial charge in [0.15, 0.2) is 11.6 Å². The highest BCUT2D eigenvalue weighted by Crippen LogP contribution is 2.29. The number of carbonyl (C=O) groups excluding carboxylic acids is 1. The molecular formula is C27H26N6O4. The number of benzene rings is 3. The Hall–Kier alpha value is -4.96. The first-order chi connectivity index (χ1) is 17.9. The van der Waals surface area contributed by atoms with Crippen LogP contribution >= 0.6 is 0 Å². The summed E-state index contributed by atoms with van der Waals surface area (Å²) >= 11 is 0. The average Bonchev–Trinajstić information content (AvgIpc) is 2.94. The van der Waals surface area contributed by atoms with Crippen molar-refractivity contribution in [3.05, 3.63) is 110 Å². The SMILES string of the molecule is CCOc1c(Nc2cc(/C(=N/N)NN)cc(-c3ccc(C(=O)NCc4ccccc4)cc3)c2)c(=O)c1=O. The van der Waals surface area contributed by atoms with Gasteiger partial charge in [-0.05, 0) is 53.9 Å². The Kier molecular flexibility index (Phi) is 7.60. The molecule has 4 aromatic carbocycles. The van der Waals surface area contributed by atoms with Gasteiger partial charge in [0, 0.05) is 23.4 Å². The van der Waals surface area contributed by atoms with Gasteiger partial charge in [0.25, 0.3) is 16.8 Å². The first-order valence-corrected chi connectivity index (χ1v) is 11.5. The number of nitrogens with one attached hydrogen (secondary N) is 3. The Balaban J connectivity index is 1.61. The van der Waals surface area contributed by atoms with E-state index in [4.69, 9.17) is 16.4 Å². The number of rotatable bonds is 9. The van der Waals surface area contributed by atoms with Gasteiger partial charge in [-0.2, -0.15) is 5.10 Å². The standard InChI is InChI=1S/C27H26N6O4/c1-2-37-25-22(23(34)24(25)35)31-21-13-19(12-20(14-21)26(32-28)33-29)17-8-10-18(11-9-17)27(36)30-15-16-6-4-3-5-7-16/h3-14,31H,2,15,28-29H2,1H3,(H,30,36)(H,32,33). The van der Waals surface area contributed by atoms with Gasteiger partial charge in [-0.1, -0.05) is 42.5 Å². The molecule has 4 rings (SSSR count). The van der Waals surface area contributed by atoms with Gasteiger partial charge in [0.1, 0.15) is 5.69 Å². The lowest BCUT2D eigenvalue weighted by atomic mass is 9.99. The van der Waals surface area contributed by atoms with Gasteiger partial charge in [-0.15, -0.1) is 0 Å². The highest BCUT2D eigenvalue weighted by molar-refractivity contribution is 6.00. The third-order valence-corrected chi connectivity index (χ3v) is 5.67. The van der Waals surface area contributed by atoms with E-state index in [2.05, 4.69) is 21.2 Å². The second kappa shape index (κ2) is 11.2. The van der Waals surface area contributed by atoms with Crippen molar-refractivity contribution in [2.75, 3.05) is 11.9 Å². The van der Waals surface area contributed by atoms with E-state index in [9.17, 15) is 14.4 Å². The Bertz CT molecular complexity index is 1510. The van der Waals surface area contributed by atoms with E-state index >= 15 is 0 Å². The lowest BCUT2D eigenvalue weighted by Crippen LogP contribution is -2.35. The molecule has 0 aliphatic heterocycles. The van der Waals surface area contributed by atoms with Gasteiger partial charge in [-0.25, -0.2) is 5.84 Å². The summed E-state index contributed by atoms with van der Waals surface area (Å²) in [5.74, 6) is 11.0. The van der Waals surface area contributed by atoms with Crippen molar-refractivity contribution in [1.29, 1.82) is 0 Å². The van der Waals surface area contributed by atoms with Crippen molar-refractivity contribution in [2.45, 2.75) is 13.5 Å². The molecule has 0 saturated carbocycles. The molecule has 0 aliphatic carbocycles. The number of amidine groups is 1. The molecule has 37 heavy (non-hydrogen) atoms. The van der Waals surface area contributed by atoms with Crippen LogP contribution in [0.1, 0.15) is 28.4 Å². The van der Waals surface area contributed by atoms with Crippen LogP contribution in [0.5, 0.6) is 5.75 Å². The van der Waals surface area contributed by atoms with E-state index in [0.717, 1.165) is 16.7 Å². The molecule has 0 radical (unpaired) electrons. The fourth-order valence-electron chi connectivity index (χ4n) is 3.80. The third-order valence-electron chi connectivity index (χ3n) is 5.67. The lowest BCUT2D eigenvalue weighted by molar-refractivity contribution is 0.0951. The number of hydrazone groups is 1. The maximum absolute atomic E-state index is 12.6. The molecule has 0 saturated heterocycles. The Morgan fingerprint density at radius 3 is 2.30 bits per heavy atom. The van der Waals surface area contributed by atoms with Crippen LogP contribution in [0.25, 0.3) is 11.1 Å². The Morgan fingerprint density at radius 2 is 1.65 bits per heavy atom. The molecule has 0 fully saturated rings. The van der Waals surface area contributed by atoms with Crippen molar-refractivity contribution < 1.29 is 9.53 Å². The first-order valence-electron chi connectivity index (χ1n) is 11.5. The second-order valence-corrected chi connectivity index (χ2v) is 8.09. The number of amides is 1. The van der Waals surface area contributed by atoms with Gasteiger partial charge in [0.2, 0.25) is 0 Å². The van der Waals surface area contributed by atoms with Crippen LogP contribution in [0.3, 0.4) is 0 Å². The molecule has 0 aromatic heterocycles. The topological polar surface area (TPSA) is 161 Å². The van der Waals surface area contributed by atoms with Gasteiger partial charge in [-0.3, -0.25) is 14.4 Å². The molecule has 10 heteroatoms. The van der Waals surface area contributed by atoms with Gasteiger partial charge >= 0.3 is 0 Å². The van der Waals surface area contributed by atoms with Gasteiger partial charge < -0.3 is 26.6 Å². The van der Waals surface area contributed by atoms with Crippen LogP contribution < -0.4 is 43.3 Å². The van der Waals surface area contributed by atoms with Crippen LogP contribution in [0.15, 0.2) is 87.5 Å². The quantitative estimate of drug-likeness (QED) is 0.0771. The fraction of sp³-hybridized carbons (Fsp3) is 0.111. The minimum atomic E-state index is -0.672. The molecular weight excluding hydrogens is 472 g/mol. The summed E-state index contributed by atoms with van der Waals surface area (Å²) < 4.78 is 5.30. The number of nitrogens with zero attached hydrogens (tertiary/aromatic N) is 1. The zero-order valence-electron chi connectivity index (χ0n) is 20.1. The third kappa shape index (κ3) is 5.49. The average molecular weight is 499 g/mol. The molecule has 0 unspecified atom stereocenters. The molecule has 0 heterocycles. The number of nitrogens with two attached hydrogens (primary N) is 2. The van der Waals surface area contributed by atoms with Crippen molar-refractivity contribution in [2.24, 2.45) is 16.8 Å². The smallest absolute Gasteiger partial charge is 0.272 e. The van der Waals surface area contributed by atoms with Crippen molar-refractivity contribution >= 4 is 23.1 Å².